The summed E-state index contributed by atoms with van der Waals surface area (Å²) < 4.78 is 0.860. The Morgan fingerprint density at radius 2 is 2.12 bits per heavy atom. The number of rotatable bonds is 3. The van der Waals surface area contributed by atoms with Gasteiger partial charge < -0.3 is 0 Å². The molecule has 52 valence electrons. The molecule has 0 bridgehead atoms. The zero-order chi connectivity index (χ0) is 6.57. The van der Waals surface area contributed by atoms with Crippen molar-refractivity contribution in [3.8, 4) is 0 Å². The monoisotopic (exact) mass is 228 g/mol. The minimum absolute atomic E-state index is 0.424. The average Bonchev–Trinajstić information content (AvgIpc) is 1.84. The first-order valence-corrected chi connectivity index (χ1v) is 6.31. The summed E-state index contributed by atoms with van der Waals surface area (Å²) in [5.41, 5.74) is 0. The van der Waals surface area contributed by atoms with Gasteiger partial charge in [-0.25, -0.2) is 0 Å². The normalized spacial score (nSPS) is 15.1. The van der Waals surface area contributed by atoms with Crippen molar-refractivity contribution in [2.75, 3.05) is 18.5 Å². The van der Waals surface area contributed by atoms with Crippen LogP contribution in [0.1, 0.15) is 13.8 Å². The summed E-state index contributed by atoms with van der Waals surface area (Å²) >= 11 is 0.424. The van der Waals surface area contributed by atoms with Crippen LogP contribution >= 0.6 is 0 Å². The van der Waals surface area contributed by atoms with E-state index in [1.54, 1.807) is 0 Å². The predicted molar refractivity (Wildman–Crippen MR) is 33.7 cm³/mol. The van der Waals surface area contributed by atoms with Crippen molar-refractivity contribution in [1.29, 1.82) is 0 Å². The summed E-state index contributed by atoms with van der Waals surface area (Å²) in [4.78, 5) is 4.73. The molecule has 0 spiro atoms. The second kappa shape index (κ2) is 4.56. The summed E-state index contributed by atoms with van der Waals surface area (Å²) in [7, 11) is 2.19. The van der Waals surface area contributed by atoms with Gasteiger partial charge in [-0.05, 0) is 0 Å². The van der Waals surface area contributed by atoms with E-state index in [2.05, 4.69) is 30.7 Å². The molecule has 0 aromatic rings. The Morgan fingerprint density at radius 1 is 1.62 bits per heavy atom. The third-order valence-electron chi connectivity index (χ3n) is 1.42. The SMILES string of the molecule is CCN(C)C(C)[I-]C. The van der Waals surface area contributed by atoms with Crippen LogP contribution in [0, 0.1) is 0 Å². The van der Waals surface area contributed by atoms with Crippen molar-refractivity contribution < 1.29 is 21.2 Å². The molecule has 0 aromatic heterocycles. The molecule has 2 heteroatoms. The van der Waals surface area contributed by atoms with E-state index in [4.69, 9.17) is 0 Å². The summed E-state index contributed by atoms with van der Waals surface area (Å²) in [5, 5.41) is 0. The maximum absolute atomic E-state index is 2.40. The van der Waals surface area contributed by atoms with Gasteiger partial charge >= 0.3 is 62.5 Å². The fourth-order valence-corrected chi connectivity index (χ4v) is 1.76. The Kier molecular flexibility index (Phi) is 4.95. The first-order valence-electron chi connectivity index (χ1n) is 2.90. The number of nitrogens with zero attached hydrogens (tertiary/aromatic N) is 1. The molecule has 0 rings (SSSR count). The van der Waals surface area contributed by atoms with Gasteiger partial charge in [0.1, 0.15) is 0 Å². The molecule has 0 radical (unpaired) electrons. The molecule has 0 N–H and O–H groups in total. The first kappa shape index (κ1) is 8.69. The van der Waals surface area contributed by atoms with E-state index in [-0.39, 0.29) is 0 Å². The van der Waals surface area contributed by atoms with Crippen molar-refractivity contribution >= 4 is 0 Å². The van der Waals surface area contributed by atoms with Crippen molar-refractivity contribution in [2.45, 2.75) is 17.9 Å². The van der Waals surface area contributed by atoms with E-state index < -0.39 is 0 Å². The van der Waals surface area contributed by atoms with Gasteiger partial charge in [0.2, 0.25) is 0 Å². The zero-order valence-corrected chi connectivity index (χ0v) is 8.27. The van der Waals surface area contributed by atoms with E-state index in [0.717, 1.165) is 4.05 Å². The van der Waals surface area contributed by atoms with Crippen LogP contribution < -0.4 is 21.2 Å². The van der Waals surface area contributed by atoms with Crippen LogP contribution in [-0.4, -0.2) is 27.5 Å². The molecule has 0 aromatic carbocycles. The molecule has 0 fully saturated rings. The first-order chi connectivity index (χ1) is 3.72. The third kappa shape index (κ3) is 2.87. The molecule has 0 amide bonds. The van der Waals surface area contributed by atoms with Crippen LogP contribution in [0.3, 0.4) is 0 Å². The molecule has 1 atom stereocenters. The summed E-state index contributed by atoms with van der Waals surface area (Å²) in [6, 6.07) is 0. The van der Waals surface area contributed by atoms with Crippen molar-refractivity contribution in [3.05, 3.63) is 0 Å². The zero-order valence-electron chi connectivity index (χ0n) is 6.11. The number of halogens is 1. The number of hydrogen-bond donors (Lipinski definition) is 0. The third-order valence-corrected chi connectivity index (χ3v) is 4.18. The fourth-order valence-electron chi connectivity index (χ4n) is 0.418. The molecular formula is C6H15IN-. The Bertz CT molecular complexity index is 48.5. The second-order valence-corrected chi connectivity index (χ2v) is 4.91. The van der Waals surface area contributed by atoms with Gasteiger partial charge in [0, 0.05) is 0 Å². The van der Waals surface area contributed by atoms with Gasteiger partial charge in [0.05, 0.1) is 0 Å². The van der Waals surface area contributed by atoms with Gasteiger partial charge in [0.25, 0.3) is 0 Å². The molecule has 0 aliphatic carbocycles. The van der Waals surface area contributed by atoms with Crippen LogP contribution in [0.4, 0.5) is 0 Å². The standard InChI is InChI=1S/C6H15IN/c1-5-8(4)6(2)7-3/h6H,5H2,1-4H3/q-1. The molecule has 1 nitrogen and oxygen atoms in total. The van der Waals surface area contributed by atoms with E-state index in [1.807, 2.05) is 0 Å². The Morgan fingerprint density at radius 3 is 2.25 bits per heavy atom. The fraction of sp³-hybridized carbons (Fsp3) is 1.00. The molecule has 0 saturated carbocycles. The molecule has 0 aliphatic heterocycles. The topological polar surface area (TPSA) is 3.24 Å². The van der Waals surface area contributed by atoms with Crippen molar-refractivity contribution in [3.63, 3.8) is 0 Å². The van der Waals surface area contributed by atoms with E-state index in [1.165, 1.54) is 6.54 Å². The average molecular weight is 228 g/mol. The van der Waals surface area contributed by atoms with E-state index >= 15 is 0 Å². The number of alkyl halides is 2. The second-order valence-electron chi connectivity index (χ2n) is 1.87. The van der Waals surface area contributed by atoms with Gasteiger partial charge in [-0.2, -0.15) is 0 Å². The Balaban J connectivity index is 3.29. The quantitative estimate of drug-likeness (QED) is 0.307. The predicted octanol–water partition coefficient (Wildman–Crippen LogP) is -2.00. The maximum atomic E-state index is 2.40. The van der Waals surface area contributed by atoms with Crippen molar-refractivity contribution in [2.24, 2.45) is 0 Å². The molecular weight excluding hydrogens is 213 g/mol. The van der Waals surface area contributed by atoms with Gasteiger partial charge in [-0.1, -0.05) is 0 Å². The van der Waals surface area contributed by atoms with Crippen LogP contribution in [-0.2, 0) is 0 Å². The Labute approximate surface area is 62.7 Å². The summed E-state index contributed by atoms with van der Waals surface area (Å²) in [6.45, 7) is 5.70. The summed E-state index contributed by atoms with van der Waals surface area (Å²) in [5.74, 6) is 0. The van der Waals surface area contributed by atoms with Crippen LogP contribution in [0.2, 0.25) is 0 Å². The molecule has 1 unspecified atom stereocenters. The van der Waals surface area contributed by atoms with Crippen LogP contribution in [0.25, 0.3) is 0 Å². The van der Waals surface area contributed by atoms with Crippen molar-refractivity contribution in [1.82, 2.24) is 4.90 Å². The van der Waals surface area contributed by atoms with E-state index in [9.17, 15) is 0 Å². The molecule has 8 heavy (non-hydrogen) atoms. The number of hydrogen-bond acceptors (Lipinski definition) is 1. The summed E-state index contributed by atoms with van der Waals surface area (Å²) in [6.07, 6.45) is 0. The molecule has 0 heterocycles. The molecule has 0 saturated heterocycles. The van der Waals surface area contributed by atoms with Gasteiger partial charge in [-0.15, -0.1) is 0 Å². The Hall–Kier alpha value is 0.690. The van der Waals surface area contributed by atoms with E-state index in [0.29, 0.717) is 21.2 Å². The van der Waals surface area contributed by atoms with Crippen LogP contribution in [0.15, 0.2) is 0 Å². The molecule has 0 aliphatic rings. The van der Waals surface area contributed by atoms with Gasteiger partial charge in [0.15, 0.2) is 0 Å². The van der Waals surface area contributed by atoms with Gasteiger partial charge in [-0.3, -0.25) is 0 Å². The minimum atomic E-state index is 0.424. The van der Waals surface area contributed by atoms with Crippen LogP contribution in [0.5, 0.6) is 0 Å².